The van der Waals surface area contributed by atoms with Crippen molar-refractivity contribution in [3.63, 3.8) is 0 Å². The number of thiazole rings is 1. The third kappa shape index (κ3) is 2.67. The number of esters is 1. The highest BCUT2D eigenvalue weighted by atomic mass is 32.1. The molecule has 106 valence electrons. The summed E-state index contributed by atoms with van der Waals surface area (Å²) in [5, 5.41) is 3.17. The summed E-state index contributed by atoms with van der Waals surface area (Å²) in [6.45, 7) is 4.08. The van der Waals surface area contributed by atoms with Gasteiger partial charge in [-0.2, -0.15) is 0 Å². The molecule has 0 aliphatic carbocycles. The minimum atomic E-state index is -0.300. The van der Waals surface area contributed by atoms with Gasteiger partial charge in [0.1, 0.15) is 4.88 Å². The van der Waals surface area contributed by atoms with E-state index in [1.165, 1.54) is 16.7 Å². The van der Waals surface area contributed by atoms with E-state index in [2.05, 4.69) is 23.2 Å². The third-order valence-electron chi connectivity index (χ3n) is 3.22. The molecule has 3 aromatic rings. The second-order valence-electron chi connectivity index (χ2n) is 4.69. The first kappa shape index (κ1) is 13.8. The van der Waals surface area contributed by atoms with Crippen LogP contribution in [0.2, 0.25) is 0 Å². The lowest BCUT2D eigenvalue weighted by Crippen LogP contribution is -2.03. The molecule has 0 aliphatic heterocycles. The van der Waals surface area contributed by atoms with Crippen LogP contribution in [-0.4, -0.2) is 17.6 Å². The van der Waals surface area contributed by atoms with E-state index in [1.807, 2.05) is 38.1 Å². The molecule has 21 heavy (non-hydrogen) atoms. The van der Waals surface area contributed by atoms with E-state index in [4.69, 9.17) is 4.74 Å². The van der Waals surface area contributed by atoms with Crippen molar-refractivity contribution in [1.29, 1.82) is 0 Å². The Morgan fingerprint density at radius 3 is 2.71 bits per heavy atom. The normalized spacial score (nSPS) is 10.8. The van der Waals surface area contributed by atoms with Gasteiger partial charge in [0.15, 0.2) is 0 Å². The van der Waals surface area contributed by atoms with Crippen LogP contribution in [0.15, 0.2) is 42.5 Å². The largest absolute Gasteiger partial charge is 0.462 e. The summed E-state index contributed by atoms with van der Waals surface area (Å²) in [5.74, 6) is -0.300. The molecular formula is C17H15NO2S. The van der Waals surface area contributed by atoms with Gasteiger partial charge in [0, 0.05) is 5.56 Å². The van der Waals surface area contributed by atoms with Gasteiger partial charge in [0.05, 0.1) is 17.3 Å². The number of fused-ring (bicyclic) bond motifs is 1. The number of nitrogens with zero attached hydrogens (tertiary/aromatic N) is 1. The van der Waals surface area contributed by atoms with E-state index in [-0.39, 0.29) is 5.97 Å². The minimum absolute atomic E-state index is 0.300. The molecule has 0 fully saturated rings. The standard InChI is InChI=1S/C17H15NO2S/c1-3-20-17(19)16-15(18-11(2)21-16)14-9-8-12-6-4-5-7-13(12)10-14/h4-10H,3H2,1-2H3. The molecule has 0 saturated carbocycles. The zero-order valence-corrected chi connectivity index (χ0v) is 12.7. The highest BCUT2D eigenvalue weighted by molar-refractivity contribution is 7.14. The predicted molar refractivity (Wildman–Crippen MR) is 85.7 cm³/mol. The summed E-state index contributed by atoms with van der Waals surface area (Å²) in [7, 11) is 0. The number of hydrogen-bond acceptors (Lipinski definition) is 4. The molecule has 0 unspecified atom stereocenters. The van der Waals surface area contributed by atoms with Gasteiger partial charge < -0.3 is 4.74 Å². The number of hydrogen-bond donors (Lipinski definition) is 0. The molecule has 1 heterocycles. The first-order chi connectivity index (χ1) is 10.2. The van der Waals surface area contributed by atoms with Crippen molar-refractivity contribution in [2.75, 3.05) is 6.61 Å². The van der Waals surface area contributed by atoms with Crippen LogP contribution in [0.1, 0.15) is 21.6 Å². The van der Waals surface area contributed by atoms with Crippen molar-refractivity contribution in [2.24, 2.45) is 0 Å². The first-order valence-electron chi connectivity index (χ1n) is 6.82. The predicted octanol–water partition coefficient (Wildman–Crippen LogP) is 4.45. The average molecular weight is 297 g/mol. The second kappa shape index (κ2) is 5.66. The molecule has 0 spiro atoms. The summed E-state index contributed by atoms with van der Waals surface area (Å²) >= 11 is 1.38. The molecule has 2 aromatic carbocycles. The Labute approximate surface area is 127 Å². The van der Waals surface area contributed by atoms with Gasteiger partial charge in [-0.1, -0.05) is 36.4 Å². The molecule has 4 heteroatoms. The topological polar surface area (TPSA) is 39.2 Å². The van der Waals surface area contributed by atoms with Crippen LogP contribution >= 0.6 is 11.3 Å². The highest BCUT2D eigenvalue weighted by Crippen LogP contribution is 2.30. The number of carbonyl (C=O) groups excluding carboxylic acids is 1. The van der Waals surface area contributed by atoms with Crippen molar-refractivity contribution in [2.45, 2.75) is 13.8 Å². The SMILES string of the molecule is CCOC(=O)c1sc(C)nc1-c1ccc2ccccc2c1. The summed E-state index contributed by atoms with van der Waals surface area (Å²) in [6.07, 6.45) is 0. The fourth-order valence-corrected chi connectivity index (χ4v) is 3.13. The fraction of sp³-hybridized carbons (Fsp3) is 0.176. The van der Waals surface area contributed by atoms with Crippen LogP contribution in [0.5, 0.6) is 0 Å². The maximum absolute atomic E-state index is 12.1. The summed E-state index contributed by atoms with van der Waals surface area (Å²) in [4.78, 5) is 17.1. The Kier molecular flexibility index (Phi) is 3.71. The molecule has 1 aromatic heterocycles. The van der Waals surface area contributed by atoms with Crippen molar-refractivity contribution >= 4 is 28.1 Å². The molecule has 0 bridgehead atoms. The molecule has 0 atom stereocenters. The molecular weight excluding hydrogens is 282 g/mol. The number of benzene rings is 2. The maximum atomic E-state index is 12.1. The van der Waals surface area contributed by atoms with E-state index in [0.717, 1.165) is 16.0 Å². The van der Waals surface area contributed by atoms with Gasteiger partial charge in [-0.05, 0) is 30.7 Å². The number of rotatable bonds is 3. The van der Waals surface area contributed by atoms with Gasteiger partial charge in [0.25, 0.3) is 0 Å². The number of ether oxygens (including phenoxy) is 1. The van der Waals surface area contributed by atoms with Crippen LogP contribution in [0.3, 0.4) is 0 Å². The number of aryl methyl sites for hydroxylation is 1. The van der Waals surface area contributed by atoms with Crippen molar-refractivity contribution in [3.05, 3.63) is 52.3 Å². The Morgan fingerprint density at radius 1 is 1.19 bits per heavy atom. The third-order valence-corrected chi connectivity index (χ3v) is 4.17. The summed E-state index contributed by atoms with van der Waals surface area (Å²) < 4.78 is 5.12. The molecule has 0 amide bonds. The van der Waals surface area contributed by atoms with E-state index >= 15 is 0 Å². The molecule has 0 aliphatic rings. The van der Waals surface area contributed by atoms with Crippen molar-refractivity contribution in [1.82, 2.24) is 4.98 Å². The lowest BCUT2D eigenvalue weighted by Gasteiger charge is -2.04. The van der Waals surface area contributed by atoms with Crippen LogP contribution in [-0.2, 0) is 4.74 Å². The van der Waals surface area contributed by atoms with Gasteiger partial charge in [0.2, 0.25) is 0 Å². The second-order valence-corrected chi connectivity index (χ2v) is 5.90. The Hall–Kier alpha value is -2.20. The van der Waals surface area contributed by atoms with E-state index in [0.29, 0.717) is 17.2 Å². The quantitative estimate of drug-likeness (QED) is 0.670. The van der Waals surface area contributed by atoms with Crippen LogP contribution in [0, 0.1) is 6.92 Å². The minimum Gasteiger partial charge on any atom is -0.462 e. The summed E-state index contributed by atoms with van der Waals surface area (Å²) in [6, 6.07) is 14.3. The molecule has 3 nitrogen and oxygen atoms in total. The van der Waals surface area contributed by atoms with Crippen LogP contribution in [0.4, 0.5) is 0 Å². The van der Waals surface area contributed by atoms with Crippen LogP contribution < -0.4 is 0 Å². The molecule has 0 saturated heterocycles. The molecule has 0 N–H and O–H groups in total. The lowest BCUT2D eigenvalue weighted by atomic mass is 10.0. The van der Waals surface area contributed by atoms with Gasteiger partial charge >= 0.3 is 5.97 Å². The van der Waals surface area contributed by atoms with E-state index in [1.54, 1.807) is 0 Å². The Bertz CT molecular complexity index is 807. The first-order valence-corrected chi connectivity index (χ1v) is 7.64. The van der Waals surface area contributed by atoms with E-state index in [9.17, 15) is 4.79 Å². The average Bonchev–Trinajstić information content (AvgIpc) is 2.89. The zero-order chi connectivity index (χ0) is 14.8. The van der Waals surface area contributed by atoms with E-state index < -0.39 is 0 Å². The smallest absolute Gasteiger partial charge is 0.350 e. The van der Waals surface area contributed by atoms with Gasteiger partial charge in [-0.25, -0.2) is 9.78 Å². The molecule has 0 radical (unpaired) electrons. The number of aromatic nitrogens is 1. The van der Waals surface area contributed by atoms with Gasteiger partial charge in [-0.3, -0.25) is 0 Å². The fourth-order valence-electron chi connectivity index (χ4n) is 2.29. The monoisotopic (exact) mass is 297 g/mol. The van der Waals surface area contributed by atoms with Crippen molar-refractivity contribution in [3.8, 4) is 11.3 Å². The zero-order valence-electron chi connectivity index (χ0n) is 11.9. The van der Waals surface area contributed by atoms with Gasteiger partial charge in [-0.15, -0.1) is 11.3 Å². The Morgan fingerprint density at radius 2 is 1.95 bits per heavy atom. The Balaban J connectivity index is 2.11. The lowest BCUT2D eigenvalue weighted by molar-refractivity contribution is 0.0532. The summed E-state index contributed by atoms with van der Waals surface area (Å²) in [5.41, 5.74) is 1.66. The maximum Gasteiger partial charge on any atom is 0.350 e. The number of carbonyl (C=O) groups is 1. The van der Waals surface area contributed by atoms with Crippen LogP contribution in [0.25, 0.3) is 22.0 Å². The highest BCUT2D eigenvalue weighted by Gasteiger charge is 2.19. The van der Waals surface area contributed by atoms with Crippen molar-refractivity contribution < 1.29 is 9.53 Å². The molecule has 3 rings (SSSR count).